The average Bonchev–Trinajstić information content (AvgIpc) is 2.72. The van der Waals surface area contributed by atoms with Crippen LogP contribution >= 0.6 is 0 Å². The molecule has 1 aromatic rings. The van der Waals surface area contributed by atoms with E-state index in [1.165, 1.54) is 12.1 Å². The van der Waals surface area contributed by atoms with Crippen LogP contribution in [-0.2, 0) is 4.74 Å². The predicted octanol–water partition coefficient (Wildman–Crippen LogP) is 6.26. The zero-order chi connectivity index (χ0) is 20.1. The van der Waals surface area contributed by atoms with E-state index in [4.69, 9.17) is 9.47 Å². The molecular weight excluding hydrogens is 372 g/mol. The van der Waals surface area contributed by atoms with E-state index in [1.807, 2.05) is 0 Å². The van der Waals surface area contributed by atoms with E-state index in [-0.39, 0.29) is 17.8 Å². The highest BCUT2D eigenvalue weighted by atomic mass is 19.2. The van der Waals surface area contributed by atoms with Gasteiger partial charge in [-0.2, -0.15) is 4.39 Å². The van der Waals surface area contributed by atoms with Gasteiger partial charge < -0.3 is 9.47 Å². The highest BCUT2D eigenvalue weighted by Gasteiger charge is 2.33. The average molecular weight is 400 g/mol. The number of allylic oxidation sites excluding steroid dienone is 1. The van der Waals surface area contributed by atoms with Gasteiger partial charge in [-0.1, -0.05) is 6.07 Å². The summed E-state index contributed by atoms with van der Waals surface area (Å²) in [6, 6.07) is 3.16. The molecule has 0 aromatic heterocycles. The molecule has 2 fully saturated rings. The van der Waals surface area contributed by atoms with E-state index in [9.17, 15) is 17.6 Å². The van der Waals surface area contributed by atoms with Crippen LogP contribution in [0, 0.1) is 23.5 Å². The number of benzene rings is 1. The minimum atomic E-state index is -1.09. The lowest BCUT2D eigenvalue weighted by atomic mass is 9.72. The van der Waals surface area contributed by atoms with Gasteiger partial charge in [-0.05, 0) is 80.9 Å². The first-order valence-electron chi connectivity index (χ1n) is 10.2. The largest absolute Gasteiger partial charge is 0.491 e. The van der Waals surface area contributed by atoms with Crippen LogP contribution in [0.4, 0.5) is 17.6 Å². The van der Waals surface area contributed by atoms with E-state index in [1.54, 1.807) is 13.0 Å². The molecule has 6 heteroatoms. The fourth-order valence-corrected chi connectivity index (χ4v) is 4.57. The minimum absolute atomic E-state index is 0.0141. The zero-order valence-corrected chi connectivity index (χ0v) is 16.2. The second-order valence-corrected chi connectivity index (χ2v) is 7.78. The molecule has 1 saturated heterocycles. The zero-order valence-electron chi connectivity index (χ0n) is 16.2. The topological polar surface area (TPSA) is 18.5 Å². The van der Waals surface area contributed by atoms with Crippen LogP contribution in [-0.4, -0.2) is 26.0 Å². The van der Waals surface area contributed by atoms with Gasteiger partial charge in [0.05, 0.1) is 19.3 Å². The van der Waals surface area contributed by atoms with E-state index in [2.05, 4.69) is 0 Å². The fraction of sp³-hybridized carbons (Fsp3) is 0.636. The minimum Gasteiger partial charge on any atom is -0.491 e. The number of halogens is 4. The molecule has 0 N–H and O–H groups in total. The van der Waals surface area contributed by atoms with Gasteiger partial charge in [-0.25, -0.2) is 13.2 Å². The van der Waals surface area contributed by atoms with Crippen molar-refractivity contribution in [2.45, 2.75) is 57.5 Å². The van der Waals surface area contributed by atoms with E-state index in [0.29, 0.717) is 37.0 Å². The molecule has 0 bridgehead atoms. The summed E-state index contributed by atoms with van der Waals surface area (Å²) in [5.41, 5.74) is 0.436. The molecule has 2 unspecified atom stereocenters. The summed E-state index contributed by atoms with van der Waals surface area (Å²) >= 11 is 0. The first kappa shape index (κ1) is 21.2. The monoisotopic (exact) mass is 400 g/mol. The Morgan fingerprint density at radius 1 is 1.07 bits per heavy atom. The Hall–Kier alpha value is -1.56. The lowest BCUT2D eigenvalue weighted by molar-refractivity contribution is -0.0159. The van der Waals surface area contributed by atoms with Crippen LogP contribution in [0.3, 0.4) is 0 Å². The summed E-state index contributed by atoms with van der Waals surface area (Å²) in [6.45, 7) is 1.48. The summed E-state index contributed by atoms with van der Waals surface area (Å²) in [6.07, 6.45) is 5.99. The van der Waals surface area contributed by atoms with E-state index < -0.39 is 24.1 Å². The third kappa shape index (κ3) is 4.88. The van der Waals surface area contributed by atoms with Crippen molar-refractivity contribution in [1.29, 1.82) is 0 Å². The maximum Gasteiger partial charge on any atom is 0.200 e. The number of hydrogen-bond acceptors (Lipinski definition) is 2. The molecule has 1 aliphatic heterocycles. The van der Waals surface area contributed by atoms with Gasteiger partial charge in [0.25, 0.3) is 0 Å². The summed E-state index contributed by atoms with van der Waals surface area (Å²) < 4.78 is 64.7. The quantitative estimate of drug-likeness (QED) is 0.525. The van der Waals surface area contributed by atoms with Crippen molar-refractivity contribution in [3.8, 4) is 5.75 Å². The molecule has 0 radical (unpaired) electrons. The normalized spacial score (nSPS) is 29.0. The molecule has 1 saturated carbocycles. The number of hydrogen-bond donors (Lipinski definition) is 0. The van der Waals surface area contributed by atoms with Gasteiger partial charge in [0.1, 0.15) is 12.5 Å². The Balaban J connectivity index is 1.53. The van der Waals surface area contributed by atoms with Crippen LogP contribution < -0.4 is 4.74 Å². The predicted molar refractivity (Wildman–Crippen MR) is 99.9 cm³/mol. The smallest absolute Gasteiger partial charge is 0.200 e. The highest BCUT2D eigenvalue weighted by molar-refractivity contribution is 5.33. The first-order chi connectivity index (χ1) is 13.5. The maximum absolute atomic E-state index is 14.5. The van der Waals surface area contributed by atoms with Crippen LogP contribution in [0.25, 0.3) is 0 Å². The van der Waals surface area contributed by atoms with E-state index in [0.717, 1.165) is 32.1 Å². The molecule has 2 aliphatic rings. The third-order valence-corrected chi connectivity index (χ3v) is 6.10. The van der Waals surface area contributed by atoms with Crippen molar-refractivity contribution in [2.75, 3.05) is 19.9 Å². The summed E-state index contributed by atoms with van der Waals surface area (Å²) in [5.74, 6) is -1.62. The van der Waals surface area contributed by atoms with Gasteiger partial charge in [0.15, 0.2) is 11.6 Å². The number of ether oxygens (including phenoxy) is 2. The summed E-state index contributed by atoms with van der Waals surface area (Å²) in [7, 11) is 0. The van der Waals surface area contributed by atoms with Crippen molar-refractivity contribution < 1.29 is 27.0 Å². The molecule has 1 aromatic carbocycles. The van der Waals surface area contributed by atoms with Gasteiger partial charge in [-0.3, -0.25) is 0 Å². The maximum atomic E-state index is 14.5. The molecule has 28 heavy (non-hydrogen) atoms. The molecule has 1 heterocycles. The second-order valence-electron chi connectivity index (χ2n) is 7.78. The molecular formula is C22H28F4O2. The van der Waals surface area contributed by atoms with Crippen molar-refractivity contribution in [3.63, 3.8) is 0 Å². The molecule has 3 rings (SSSR count). The van der Waals surface area contributed by atoms with Crippen LogP contribution in [0.1, 0.15) is 56.9 Å². The highest BCUT2D eigenvalue weighted by Crippen LogP contribution is 2.42. The van der Waals surface area contributed by atoms with Crippen molar-refractivity contribution in [3.05, 3.63) is 41.2 Å². The fourth-order valence-electron chi connectivity index (χ4n) is 4.57. The van der Waals surface area contributed by atoms with Gasteiger partial charge in [-0.15, -0.1) is 0 Å². The Morgan fingerprint density at radius 2 is 1.79 bits per heavy atom. The Labute approximate surface area is 163 Å². The standard InChI is InChI=1S/C22H28F4O2/c1-2-27-20-10-9-19(21(25)22(20)26)15-5-3-14(4-6-15)16-7-8-18(28-13-16)11-17(24)12-23/h9-11,14-16,18H,2-8,12-13H2,1H3/b17-11-. The van der Waals surface area contributed by atoms with Gasteiger partial charge in [0.2, 0.25) is 5.82 Å². The molecule has 1 aliphatic carbocycles. The van der Waals surface area contributed by atoms with E-state index >= 15 is 0 Å². The Bertz CT molecular complexity index is 675. The van der Waals surface area contributed by atoms with Crippen LogP contribution in [0.2, 0.25) is 0 Å². The van der Waals surface area contributed by atoms with Crippen LogP contribution in [0.5, 0.6) is 5.75 Å². The van der Waals surface area contributed by atoms with Crippen molar-refractivity contribution in [1.82, 2.24) is 0 Å². The SMILES string of the molecule is CCOc1ccc(C2CCC(C3CCC(/C=C(\F)CF)OC3)CC2)c(F)c1F. The molecule has 156 valence electrons. The Morgan fingerprint density at radius 3 is 2.39 bits per heavy atom. The first-order valence-corrected chi connectivity index (χ1v) is 10.2. The summed E-state index contributed by atoms with van der Waals surface area (Å²) in [4.78, 5) is 0. The molecule has 2 nitrogen and oxygen atoms in total. The molecule has 0 amide bonds. The summed E-state index contributed by atoms with van der Waals surface area (Å²) in [5, 5.41) is 0. The second kappa shape index (κ2) is 9.77. The van der Waals surface area contributed by atoms with Crippen molar-refractivity contribution in [2.24, 2.45) is 11.8 Å². The van der Waals surface area contributed by atoms with Crippen LogP contribution in [0.15, 0.2) is 24.0 Å². The lowest BCUT2D eigenvalue weighted by Gasteiger charge is -2.37. The van der Waals surface area contributed by atoms with Gasteiger partial charge in [0, 0.05) is 0 Å². The Kier molecular flexibility index (Phi) is 7.38. The lowest BCUT2D eigenvalue weighted by Crippen LogP contribution is -2.31. The number of alkyl halides is 1. The molecule has 2 atom stereocenters. The number of rotatable bonds is 6. The molecule has 0 spiro atoms. The van der Waals surface area contributed by atoms with Crippen molar-refractivity contribution >= 4 is 0 Å². The van der Waals surface area contributed by atoms with Gasteiger partial charge >= 0.3 is 0 Å². The third-order valence-electron chi connectivity index (χ3n) is 6.10.